The number of carbonyl (C=O) groups excluding carboxylic acids is 1. The van der Waals surface area contributed by atoms with Gasteiger partial charge >= 0.3 is 0 Å². The Hall–Kier alpha value is -1.57. The molecule has 3 heterocycles. The molecule has 0 aromatic carbocycles. The lowest BCUT2D eigenvalue weighted by Gasteiger charge is -2.27. The van der Waals surface area contributed by atoms with Crippen molar-refractivity contribution in [2.24, 2.45) is 13.0 Å². The Bertz CT molecular complexity index is 686. The number of amides is 1. The Balaban J connectivity index is 1.65. The molecule has 1 amide bonds. The van der Waals surface area contributed by atoms with Gasteiger partial charge in [0.1, 0.15) is 5.03 Å². The minimum absolute atomic E-state index is 0.144. The van der Waals surface area contributed by atoms with E-state index in [2.05, 4.69) is 20.6 Å². The maximum absolute atomic E-state index is 12.1. The van der Waals surface area contributed by atoms with E-state index >= 15 is 0 Å². The van der Waals surface area contributed by atoms with Crippen molar-refractivity contribution in [3.8, 4) is 0 Å². The van der Waals surface area contributed by atoms with Crippen LogP contribution in [0.15, 0.2) is 34.8 Å². The van der Waals surface area contributed by atoms with Gasteiger partial charge in [0.05, 0.1) is 10.6 Å². The molecule has 1 aliphatic heterocycles. The molecule has 0 bridgehead atoms. The van der Waals surface area contributed by atoms with Crippen LogP contribution in [-0.4, -0.2) is 40.1 Å². The fourth-order valence-corrected chi connectivity index (χ4v) is 3.03. The summed E-state index contributed by atoms with van der Waals surface area (Å²) in [6, 6.07) is 1.65. The number of imidazole rings is 1. The van der Waals surface area contributed by atoms with Crippen LogP contribution in [-0.2, 0) is 7.05 Å². The van der Waals surface area contributed by atoms with Crippen LogP contribution >= 0.6 is 23.4 Å². The van der Waals surface area contributed by atoms with Crippen LogP contribution in [0.4, 0.5) is 0 Å². The van der Waals surface area contributed by atoms with Gasteiger partial charge in [-0.05, 0) is 17.8 Å². The van der Waals surface area contributed by atoms with Crippen LogP contribution in [0.25, 0.3) is 0 Å². The predicted octanol–water partition coefficient (Wildman–Crippen LogP) is 1.57. The van der Waals surface area contributed by atoms with E-state index in [1.54, 1.807) is 18.5 Å². The standard InChI is InChI=1S/C14H16ClN5OS/c1-20-3-2-17-14(20)22-13-11(15)4-10(8-19-13)12(21)18-7-9-5-16-6-9/h2-4,8-9,16H,5-7H2,1H3,(H,18,21). The van der Waals surface area contributed by atoms with Crippen molar-refractivity contribution in [3.63, 3.8) is 0 Å². The summed E-state index contributed by atoms with van der Waals surface area (Å²) in [6.07, 6.45) is 5.12. The van der Waals surface area contributed by atoms with Gasteiger partial charge in [0.2, 0.25) is 0 Å². The van der Waals surface area contributed by atoms with Gasteiger partial charge in [-0.2, -0.15) is 0 Å². The lowest BCUT2D eigenvalue weighted by atomic mass is 10.0. The van der Waals surface area contributed by atoms with Gasteiger partial charge in [0.25, 0.3) is 5.91 Å². The summed E-state index contributed by atoms with van der Waals surface area (Å²) in [5.74, 6) is 0.375. The molecule has 6 nitrogen and oxygen atoms in total. The molecule has 22 heavy (non-hydrogen) atoms. The number of halogens is 1. The molecule has 3 rings (SSSR count). The maximum atomic E-state index is 12.1. The van der Waals surface area contributed by atoms with Crippen LogP contribution in [0.5, 0.6) is 0 Å². The number of nitrogens with one attached hydrogen (secondary N) is 2. The van der Waals surface area contributed by atoms with E-state index in [1.807, 2.05) is 17.8 Å². The Kier molecular flexibility index (Phi) is 4.66. The number of nitrogens with zero attached hydrogens (tertiary/aromatic N) is 3. The molecular formula is C14H16ClN5OS. The lowest BCUT2D eigenvalue weighted by molar-refractivity contribution is 0.0941. The summed E-state index contributed by atoms with van der Waals surface area (Å²) in [5.41, 5.74) is 0.474. The predicted molar refractivity (Wildman–Crippen MR) is 85.3 cm³/mol. The summed E-state index contributed by atoms with van der Waals surface area (Å²) < 4.78 is 1.88. The first-order valence-corrected chi connectivity index (χ1v) is 8.12. The number of hydrogen-bond donors (Lipinski definition) is 2. The van der Waals surface area contributed by atoms with E-state index in [1.165, 1.54) is 11.8 Å². The van der Waals surface area contributed by atoms with E-state index in [0.717, 1.165) is 18.2 Å². The molecule has 0 spiro atoms. The van der Waals surface area contributed by atoms with Crippen molar-refractivity contribution in [2.45, 2.75) is 10.2 Å². The molecule has 8 heteroatoms. The molecule has 0 aliphatic carbocycles. The quantitative estimate of drug-likeness (QED) is 0.866. The van der Waals surface area contributed by atoms with Crippen molar-refractivity contribution >= 4 is 29.3 Å². The molecule has 1 saturated heterocycles. The van der Waals surface area contributed by atoms with E-state index in [4.69, 9.17) is 11.6 Å². The van der Waals surface area contributed by atoms with Crippen LogP contribution in [0.1, 0.15) is 10.4 Å². The van der Waals surface area contributed by atoms with Crippen LogP contribution in [0.3, 0.4) is 0 Å². The highest BCUT2D eigenvalue weighted by Gasteiger charge is 2.18. The summed E-state index contributed by atoms with van der Waals surface area (Å²) in [7, 11) is 1.90. The molecule has 0 unspecified atom stereocenters. The second-order valence-corrected chi connectivity index (χ2v) is 6.53. The van der Waals surface area contributed by atoms with Crippen LogP contribution in [0.2, 0.25) is 5.02 Å². The third-order valence-corrected chi connectivity index (χ3v) is 4.95. The normalized spacial score (nSPS) is 14.6. The van der Waals surface area contributed by atoms with Gasteiger partial charge in [0, 0.05) is 51.2 Å². The average molecular weight is 338 g/mol. The zero-order chi connectivity index (χ0) is 15.5. The highest BCUT2D eigenvalue weighted by atomic mass is 35.5. The Morgan fingerprint density at radius 1 is 1.55 bits per heavy atom. The van der Waals surface area contributed by atoms with Crippen molar-refractivity contribution < 1.29 is 4.79 Å². The van der Waals surface area contributed by atoms with Crippen molar-refractivity contribution in [1.82, 2.24) is 25.2 Å². The average Bonchev–Trinajstić information content (AvgIpc) is 2.84. The Morgan fingerprint density at radius 3 is 2.95 bits per heavy atom. The highest BCUT2D eigenvalue weighted by Crippen LogP contribution is 2.30. The number of aromatic nitrogens is 3. The van der Waals surface area contributed by atoms with E-state index < -0.39 is 0 Å². The maximum Gasteiger partial charge on any atom is 0.252 e. The molecule has 0 saturated carbocycles. The van der Waals surface area contributed by atoms with Gasteiger partial charge in [-0.15, -0.1) is 0 Å². The Labute approximate surface area is 137 Å². The summed E-state index contributed by atoms with van der Waals surface area (Å²) in [5, 5.41) is 7.95. The molecule has 0 radical (unpaired) electrons. The minimum Gasteiger partial charge on any atom is -0.352 e. The largest absolute Gasteiger partial charge is 0.352 e. The molecule has 2 aromatic rings. The SMILES string of the molecule is Cn1ccnc1Sc1ncc(C(=O)NCC2CNC2)cc1Cl. The molecule has 1 aliphatic rings. The van der Waals surface area contributed by atoms with Gasteiger partial charge in [-0.3, -0.25) is 4.79 Å². The van der Waals surface area contributed by atoms with E-state index in [9.17, 15) is 4.79 Å². The number of carbonyl (C=O) groups is 1. The molecule has 2 N–H and O–H groups in total. The number of hydrogen-bond acceptors (Lipinski definition) is 5. The monoisotopic (exact) mass is 337 g/mol. The number of rotatable bonds is 5. The first-order valence-electron chi connectivity index (χ1n) is 6.93. The summed E-state index contributed by atoms with van der Waals surface area (Å²) >= 11 is 7.60. The Morgan fingerprint density at radius 2 is 2.36 bits per heavy atom. The van der Waals surface area contributed by atoms with Crippen molar-refractivity contribution in [2.75, 3.05) is 19.6 Å². The van der Waals surface area contributed by atoms with Gasteiger partial charge < -0.3 is 15.2 Å². The first kappa shape index (κ1) is 15.3. The fourth-order valence-electron chi connectivity index (χ4n) is 1.99. The van der Waals surface area contributed by atoms with Gasteiger partial charge in [0.15, 0.2) is 5.16 Å². The van der Waals surface area contributed by atoms with Crippen molar-refractivity contribution in [1.29, 1.82) is 0 Å². The fraction of sp³-hybridized carbons (Fsp3) is 0.357. The smallest absolute Gasteiger partial charge is 0.252 e. The highest BCUT2D eigenvalue weighted by molar-refractivity contribution is 7.99. The molecule has 0 atom stereocenters. The second kappa shape index (κ2) is 6.68. The van der Waals surface area contributed by atoms with E-state index in [0.29, 0.717) is 28.1 Å². The summed E-state index contributed by atoms with van der Waals surface area (Å²) in [6.45, 7) is 2.59. The van der Waals surface area contributed by atoms with Gasteiger partial charge in [-0.1, -0.05) is 11.6 Å². The zero-order valence-corrected chi connectivity index (χ0v) is 13.6. The topological polar surface area (TPSA) is 71.8 Å². The van der Waals surface area contributed by atoms with Crippen molar-refractivity contribution in [3.05, 3.63) is 35.2 Å². The van der Waals surface area contributed by atoms with Crippen LogP contribution < -0.4 is 10.6 Å². The summed E-state index contributed by atoms with van der Waals surface area (Å²) in [4.78, 5) is 20.6. The second-order valence-electron chi connectivity index (χ2n) is 5.17. The molecular weight excluding hydrogens is 322 g/mol. The minimum atomic E-state index is -0.144. The van der Waals surface area contributed by atoms with Crippen LogP contribution in [0, 0.1) is 5.92 Å². The number of aryl methyl sites for hydroxylation is 1. The molecule has 116 valence electrons. The molecule has 2 aromatic heterocycles. The number of pyridine rings is 1. The zero-order valence-electron chi connectivity index (χ0n) is 12.0. The first-order chi connectivity index (χ1) is 10.6. The third kappa shape index (κ3) is 3.43. The van der Waals surface area contributed by atoms with Gasteiger partial charge in [-0.25, -0.2) is 9.97 Å². The lowest BCUT2D eigenvalue weighted by Crippen LogP contribution is -2.48. The van der Waals surface area contributed by atoms with E-state index in [-0.39, 0.29) is 5.91 Å². The third-order valence-electron chi connectivity index (χ3n) is 3.45. The molecule has 1 fully saturated rings.